The first-order valence-corrected chi connectivity index (χ1v) is 4.41. The lowest BCUT2D eigenvalue weighted by molar-refractivity contribution is -0.0335. The molecule has 1 aliphatic heterocycles. The lowest BCUT2D eigenvalue weighted by atomic mass is 10.2. The smallest absolute Gasteiger partial charge is 0.442 e. The quantitative estimate of drug-likeness (QED) is 0.608. The van der Waals surface area contributed by atoms with Crippen LogP contribution in [-0.4, -0.2) is 23.8 Å². The predicted molar refractivity (Wildman–Crippen MR) is 39.5 cm³/mol. The molecule has 1 nitrogen and oxygen atoms in total. The molecule has 0 aromatic heterocycles. The van der Waals surface area contributed by atoms with Gasteiger partial charge in [0.2, 0.25) is 0 Å². The molecule has 0 amide bonds. The van der Waals surface area contributed by atoms with Crippen molar-refractivity contribution in [2.75, 3.05) is 13.1 Å². The van der Waals surface area contributed by atoms with Crippen molar-refractivity contribution in [1.29, 1.82) is 0 Å². The third-order valence-electron chi connectivity index (χ3n) is 1.59. The molecule has 0 spiro atoms. The van der Waals surface area contributed by atoms with Gasteiger partial charge in [0.15, 0.2) is 0 Å². The standard InChI is InChI=1S/C6H10F3NS.ClH/c7-6(8,9)11-5-1-3-10-4-2-5;/h5,10H,1-4H2;1H/p-1. The van der Waals surface area contributed by atoms with E-state index in [0.29, 0.717) is 25.9 Å². The molecule has 1 saturated heterocycles. The maximum atomic E-state index is 11.8. The van der Waals surface area contributed by atoms with Gasteiger partial charge in [-0.1, -0.05) is 0 Å². The van der Waals surface area contributed by atoms with Crippen molar-refractivity contribution in [3.8, 4) is 0 Å². The Kier molecular flexibility index (Phi) is 5.36. The van der Waals surface area contributed by atoms with E-state index in [1.54, 1.807) is 0 Å². The molecule has 1 fully saturated rings. The van der Waals surface area contributed by atoms with Gasteiger partial charge in [-0.2, -0.15) is 13.2 Å². The van der Waals surface area contributed by atoms with Gasteiger partial charge in [-0.25, -0.2) is 0 Å². The Morgan fingerprint density at radius 1 is 1.17 bits per heavy atom. The molecule has 0 bridgehead atoms. The number of hydrogen-bond donors (Lipinski definition) is 1. The van der Waals surface area contributed by atoms with E-state index >= 15 is 0 Å². The molecule has 1 rings (SSSR count). The molecule has 74 valence electrons. The summed E-state index contributed by atoms with van der Waals surface area (Å²) in [5.74, 6) is 0. The topological polar surface area (TPSA) is 12.0 Å². The first kappa shape index (κ1) is 12.4. The van der Waals surface area contributed by atoms with Crippen molar-refractivity contribution < 1.29 is 25.6 Å². The second-order valence-electron chi connectivity index (χ2n) is 2.51. The monoisotopic (exact) mass is 220 g/mol. The summed E-state index contributed by atoms with van der Waals surface area (Å²) in [5, 5.41) is 2.79. The Balaban J connectivity index is 0.00000121. The maximum absolute atomic E-state index is 11.8. The minimum absolute atomic E-state index is 0. The lowest BCUT2D eigenvalue weighted by Gasteiger charge is -2.22. The van der Waals surface area contributed by atoms with E-state index in [4.69, 9.17) is 0 Å². The fraction of sp³-hybridized carbons (Fsp3) is 1.00. The van der Waals surface area contributed by atoms with Crippen molar-refractivity contribution in [2.24, 2.45) is 0 Å². The van der Waals surface area contributed by atoms with Crippen molar-refractivity contribution >= 4 is 11.8 Å². The molecule has 0 saturated carbocycles. The van der Waals surface area contributed by atoms with Gasteiger partial charge in [0.05, 0.1) is 0 Å². The van der Waals surface area contributed by atoms with Crippen molar-refractivity contribution in [1.82, 2.24) is 5.32 Å². The minimum Gasteiger partial charge on any atom is -1.00 e. The molecule has 0 radical (unpaired) electrons. The van der Waals surface area contributed by atoms with Gasteiger partial charge in [-0.15, -0.1) is 0 Å². The molecule has 1 aliphatic rings. The van der Waals surface area contributed by atoms with Crippen LogP contribution in [0.25, 0.3) is 0 Å². The van der Waals surface area contributed by atoms with Crippen LogP contribution in [0, 0.1) is 0 Å². The Labute approximate surface area is 79.9 Å². The SMILES string of the molecule is FC(F)(F)SC1CCNCC1.[Cl-]. The fourth-order valence-electron chi connectivity index (χ4n) is 1.10. The van der Waals surface area contributed by atoms with E-state index in [1.807, 2.05) is 0 Å². The number of thioether (sulfide) groups is 1. The van der Waals surface area contributed by atoms with Gasteiger partial charge in [0.25, 0.3) is 0 Å². The lowest BCUT2D eigenvalue weighted by Crippen LogP contribution is -3.00. The highest BCUT2D eigenvalue weighted by Gasteiger charge is 2.33. The highest BCUT2D eigenvalue weighted by Crippen LogP contribution is 2.36. The number of halogens is 4. The molecule has 0 aromatic carbocycles. The van der Waals surface area contributed by atoms with Crippen LogP contribution in [-0.2, 0) is 0 Å². The fourth-order valence-corrected chi connectivity index (χ4v) is 1.95. The summed E-state index contributed by atoms with van der Waals surface area (Å²) in [5.41, 5.74) is -4.05. The van der Waals surface area contributed by atoms with Crippen molar-refractivity contribution in [3.05, 3.63) is 0 Å². The Morgan fingerprint density at radius 3 is 2.08 bits per heavy atom. The number of piperidine rings is 1. The first-order chi connectivity index (χ1) is 5.08. The van der Waals surface area contributed by atoms with Crippen LogP contribution >= 0.6 is 11.8 Å². The zero-order valence-electron chi connectivity index (χ0n) is 6.33. The molecule has 1 heterocycles. The second kappa shape index (κ2) is 5.19. The predicted octanol–water partition coefficient (Wildman–Crippen LogP) is -1.00. The van der Waals surface area contributed by atoms with Gasteiger partial charge in [0.1, 0.15) is 0 Å². The van der Waals surface area contributed by atoms with Crippen LogP contribution < -0.4 is 17.7 Å². The average Bonchev–Trinajstić information content (AvgIpc) is 1.85. The average molecular weight is 221 g/mol. The highest BCUT2D eigenvalue weighted by atomic mass is 35.5. The molecule has 6 heteroatoms. The van der Waals surface area contributed by atoms with Crippen molar-refractivity contribution in [3.63, 3.8) is 0 Å². The number of hydrogen-bond acceptors (Lipinski definition) is 2. The first-order valence-electron chi connectivity index (χ1n) is 3.53. The summed E-state index contributed by atoms with van der Waals surface area (Å²) in [6.45, 7) is 1.43. The molecular formula is C6H10ClF3NS-. The van der Waals surface area contributed by atoms with Gasteiger partial charge in [-0.3, -0.25) is 0 Å². The van der Waals surface area contributed by atoms with Gasteiger partial charge in [0, 0.05) is 5.25 Å². The zero-order chi connectivity index (χ0) is 8.32. The van der Waals surface area contributed by atoms with E-state index in [1.165, 1.54) is 0 Å². The van der Waals surface area contributed by atoms with Gasteiger partial charge in [-0.05, 0) is 37.7 Å². The van der Waals surface area contributed by atoms with Crippen molar-refractivity contribution in [2.45, 2.75) is 23.6 Å². The minimum atomic E-state index is -4.05. The molecule has 0 aromatic rings. The van der Waals surface area contributed by atoms with Crippen LogP contribution in [0.1, 0.15) is 12.8 Å². The summed E-state index contributed by atoms with van der Waals surface area (Å²) >= 11 is 0.138. The van der Waals surface area contributed by atoms with Crippen LogP contribution in [0.4, 0.5) is 13.2 Å². The third kappa shape index (κ3) is 5.11. The normalized spacial score (nSPS) is 20.2. The van der Waals surface area contributed by atoms with Crippen LogP contribution in [0.5, 0.6) is 0 Å². The molecule has 0 unspecified atom stereocenters. The summed E-state index contributed by atoms with van der Waals surface area (Å²) in [6, 6.07) is 0. The number of alkyl halides is 3. The van der Waals surface area contributed by atoms with Gasteiger partial charge < -0.3 is 17.7 Å². The largest absolute Gasteiger partial charge is 1.00 e. The van der Waals surface area contributed by atoms with E-state index < -0.39 is 5.51 Å². The van der Waals surface area contributed by atoms with E-state index in [9.17, 15) is 13.2 Å². The number of rotatable bonds is 1. The van der Waals surface area contributed by atoms with Crippen LogP contribution in [0.3, 0.4) is 0 Å². The molecule has 12 heavy (non-hydrogen) atoms. The highest BCUT2D eigenvalue weighted by molar-refractivity contribution is 8.00. The Morgan fingerprint density at radius 2 is 1.67 bits per heavy atom. The van der Waals surface area contributed by atoms with E-state index in [2.05, 4.69) is 5.32 Å². The van der Waals surface area contributed by atoms with Gasteiger partial charge >= 0.3 is 5.51 Å². The van der Waals surface area contributed by atoms with E-state index in [0.717, 1.165) is 0 Å². The number of nitrogens with one attached hydrogen (secondary N) is 1. The summed E-state index contributed by atoms with van der Waals surface area (Å²) in [4.78, 5) is 0. The zero-order valence-corrected chi connectivity index (χ0v) is 7.90. The third-order valence-corrected chi connectivity index (χ3v) is 2.66. The second-order valence-corrected chi connectivity index (χ2v) is 3.88. The van der Waals surface area contributed by atoms with Crippen LogP contribution in [0.15, 0.2) is 0 Å². The summed E-state index contributed by atoms with van der Waals surface area (Å²) < 4.78 is 35.3. The molecule has 0 atom stereocenters. The summed E-state index contributed by atoms with van der Waals surface area (Å²) in [6.07, 6.45) is 1.26. The van der Waals surface area contributed by atoms with E-state index in [-0.39, 0.29) is 29.4 Å². The molecular weight excluding hydrogens is 211 g/mol. The Hall–Kier alpha value is 0.390. The molecule has 0 aliphatic carbocycles. The summed E-state index contributed by atoms with van der Waals surface area (Å²) in [7, 11) is 0. The molecule has 1 N–H and O–H groups in total. The maximum Gasteiger partial charge on any atom is 0.442 e. The van der Waals surface area contributed by atoms with Crippen LogP contribution in [0.2, 0.25) is 0 Å². The Bertz CT molecular complexity index is 124.